The molecule has 0 aliphatic carbocycles. The number of benzene rings is 1. The van der Waals surface area contributed by atoms with Gasteiger partial charge in [0.05, 0.1) is 13.7 Å². The summed E-state index contributed by atoms with van der Waals surface area (Å²) >= 11 is 0. The minimum absolute atomic E-state index is 0.0589. The molecule has 1 N–H and O–H groups in total. The van der Waals surface area contributed by atoms with Crippen molar-refractivity contribution in [2.75, 3.05) is 33.9 Å². The van der Waals surface area contributed by atoms with E-state index in [9.17, 15) is 13.6 Å². The fourth-order valence-corrected chi connectivity index (χ4v) is 2.33. The summed E-state index contributed by atoms with van der Waals surface area (Å²) < 4.78 is 39.7. The Morgan fingerprint density at radius 1 is 1.48 bits per heavy atom. The van der Waals surface area contributed by atoms with Crippen LogP contribution in [0.4, 0.5) is 8.78 Å². The molecule has 1 atom stereocenters. The van der Waals surface area contributed by atoms with Gasteiger partial charge in [-0.25, -0.2) is 0 Å². The minimum atomic E-state index is -2.94. The number of ether oxygens (including phenoxy) is 3. The van der Waals surface area contributed by atoms with E-state index in [2.05, 4.69) is 10.1 Å². The van der Waals surface area contributed by atoms with Gasteiger partial charge in [-0.1, -0.05) is 6.07 Å². The van der Waals surface area contributed by atoms with Crippen LogP contribution in [-0.2, 0) is 16.1 Å². The van der Waals surface area contributed by atoms with Gasteiger partial charge in [0.1, 0.15) is 6.10 Å². The fourth-order valence-electron chi connectivity index (χ4n) is 2.33. The number of morpholine rings is 1. The number of hydrogen-bond donors (Lipinski definition) is 1. The zero-order chi connectivity index (χ0) is 16.8. The van der Waals surface area contributed by atoms with Crippen LogP contribution < -0.4 is 14.8 Å². The number of rotatable bonds is 6. The Labute approximate surface area is 133 Å². The molecule has 0 aromatic heterocycles. The number of methoxy groups -OCH3 is 1. The molecule has 0 saturated carbocycles. The summed E-state index contributed by atoms with van der Waals surface area (Å²) in [7, 11) is 3.01. The second kappa shape index (κ2) is 8.07. The monoisotopic (exact) mass is 330 g/mol. The van der Waals surface area contributed by atoms with Crippen LogP contribution in [0.5, 0.6) is 11.5 Å². The first-order chi connectivity index (χ1) is 11.0. The highest BCUT2D eigenvalue weighted by atomic mass is 19.3. The first-order valence-corrected chi connectivity index (χ1v) is 7.20. The van der Waals surface area contributed by atoms with E-state index in [0.29, 0.717) is 18.7 Å². The molecule has 1 saturated heterocycles. The van der Waals surface area contributed by atoms with Crippen molar-refractivity contribution in [1.82, 2.24) is 10.2 Å². The largest absolute Gasteiger partial charge is 0.493 e. The maximum Gasteiger partial charge on any atom is 0.387 e. The molecule has 1 aromatic rings. The van der Waals surface area contributed by atoms with Gasteiger partial charge in [0.15, 0.2) is 11.5 Å². The van der Waals surface area contributed by atoms with Gasteiger partial charge < -0.3 is 24.4 Å². The predicted molar refractivity (Wildman–Crippen MR) is 78.7 cm³/mol. The van der Waals surface area contributed by atoms with Crippen molar-refractivity contribution in [3.05, 3.63) is 23.8 Å². The van der Waals surface area contributed by atoms with Crippen LogP contribution >= 0.6 is 0 Å². The maximum atomic E-state index is 12.4. The summed E-state index contributed by atoms with van der Waals surface area (Å²) in [5.74, 6) is -0.0105. The molecular weight excluding hydrogens is 310 g/mol. The topological polar surface area (TPSA) is 60.0 Å². The molecule has 8 heteroatoms. The van der Waals surface area contributed by atoms with Crippen molar-refractivity contribution in [2.45, 2.75) is 19.3 Å². The van der Waals surface area contributed by atoms with E-state index in [1.165, 1.54) is 24.1 Å². The van der Waals surface area contributed by atoms with Crippen molar-refractivity contribution in [2.24, 2.45) is 0 Å². The Balaban J connectivity index is 2.04. The van der Waals surface area contributed by atoms with Gasteiger partial charge in [-0.2, -0.15) is 8.78 Å². The molecule has 0 spiro atoms. The third-order valence-electron chi connectivity index (χ3n) is 3.44. The highest BCUT2D eigenvalue weighted by Gasteiger charge is 2.25. The average Bonchev–Trinajstić information content (AvgIpc) is 2.54. The molecular formula is C15H20F2N2O4. The van der Waals surface area contributed by atoms with Crippen LogP contribution in [0.15, 0.2) is 18.2 Å². The third kappa shape index (κ3) is 4.77. The zero-order valence-corrected chi connectivity index (χ0v) is 13.1. The van der Waals surface area contributed by atoms with Gasteiger partial charge in [0.2, 0.25) is 0 Å². The minimum Gasteiger partial charge on any atom is -0.493 e. The smallest absolute Gasteiger partial charge is 0.387 e. The van der Waals surface area contributed by atoms with Crippen molar-refractivity contribution in [3.8, 4) is 11.5 Å². The molecule has 23 heavy (non-hydrogen) atoms. The number of halogens is 2. The molecule has 128 valence electrons. The van der Waals surface area contributed by atoms with Gasteiger partial charge in [-0.05, 0) is 17.7 Å². The number of nitrogens with zero attached hydrogens (tertiary/aromatic N) is 1. The van der Waals surface area contributed by atoms with Crippen LogP contribution in [0.3, 0.4) is 0 Å². The highest BCUT2D eigenvalue weighted by molar-refractivity contribution is 5.81. The number of hydrogen-bond acceptors (Lipinski definition) is 5. The van der Waals surface area contributed by atoms with E-state index in [4.69, 9.17) is 9.47 Å². The number of nitrogens with one attached hydrogen (secondary N) is 1. The summed E-state index contributed by atoms with van der Waals surface area (Å²) in [5.41, 5.74) is 0.654. The van der Waals surface area contributed by atoms with Crippen molar-refractivity contribution in [3.63, 3.8) is 0 Å². The highest BCUT2D eigenvalue weighted by Crippen LogP contribution is 2.29. The lowest BCUT2D eigenvalue weighted by Crippen LogP contribution is -2.48. The molecule has 0 radical (unpaired) electrons. The van der Waals surface area contributed by atoms with Gasteiger partial charge in [0, 0.05) is 26.7 Å². The normalized spacial score (nSPS) is 17.9. The van der Waals surface area contributed by atoms with Gasteiger partial charge in [-0.3, -0.25) is 4.79 Å². The SMILES string of the molecule is COc1ccc(CN(C)C(=O)C2CNCCO2)cc1OC(F)F. The van der Waals surface area contributed by atoms with E-state index in [0.717, 1.165) is 6.54 Å². The summed E-state index contributed by atoms with van der Waals surface area (Å²) in [6.07, 6.45) is -0.524. The summed E-state index contributed by atoms with van der Waals surface area (Å²) in [5, 5.41) is 3.09. The lowest BCUT2D eigenvalue weighted by atomic mass is 10.1. The van der Waals surface area contributed by atoms with Crippen LogP contribution in [-0.4, -0.2) is 57.4 Å². The number of likely N-dealkylation sites (N-methyl/N-ethyl adjacent to an activating group) is 1. The Morgan fingerprint density at radius 3 is 2.87 bits per heavy atom. The quantitative estimate of drug-likeness (QED) is 0.850. The first-order valence-electron chi connectivity index (χ1n) is 7.20. The van der Waals surface area contributed by atoms with Crippen molar-refractivity contribution < 1.29 is 27.8 Å². The van der Waals surface area contributed by atoms with E-state index in [1.54, 1.807) is 13.1 Å². The lowest BCUT2D eigenvalue weighted by molar-refractivity contribution is -0.144. The lowest BCUT2D eigenvalue weighted by Gasteiger charge is -2.27. The van der Waals surface area contributed by atoms with E-state index >= 15 is 0 Å². The standard InChI is InChI=1S/C15H20F2N2O4/c1-19(14(20)13-8-18-5-6-22-13)9-10-3-4-11(21-2)12(7-10)23-15(16)17/h3-4,7,13,15,18H,5-6,8-9H2,1-2H3. The molecule has 1 fully saturated rings. The Hall–Kier alpha value is -1.93. The second-order valence-corrected chi connectivity index (χ2v) is 5.12. The molecule has 6 nitrogen and oxygen atoms in total. The summed E-state index contributed by atoms with van der Waals surface area (Å²) in [6.45, 7) is -1.02. The molecule has 1 aromatic carbocycles. The van der Waals surface area contributed by atoms with E-state index < -0.39 is 12.7 Å². The van der Waals surface area contributed by atoms with Crippen LogP contribution in [0.25, 0.3) is 0 Å². The summed E-state index contributed by atoms with van der Waals surface area (Å²) in [4.78, 5) is 13.8. The Bertz CT molecular complexity index is 536. The molecule has 1 unspecified atom stereocenters. The van der Waals surface area contributed by atoms with Gasteiger partial charge in [0.25, 0.3) is 5.91 Å². The Kier molecular flexibility index (Phi) is 6.12. The van der Waals surface area contributed by atoms with Crippen molar-refractivity contribution >= 4 is 5.91 Å². The van der Waals surface area contributed by atoms with E-state index in [-0.39, 0.29) is 24.0 Å². The van der Waals surface area contributed by atoms with Crippen LogP contribution in [0.1, 0.15) is 5.56 Å². The molecule has 1 aliphatic heterocycles. The zero-order valence-electron chi connectivity index (χ0n) is 13.1. The number of alkyl halides is 2. The predicted octanol–water partition coefficient (Wildman–Crippen LogP) is 1.24. The Morgan fingerprint density at radius 2 is 2.26 bits per heavy atom. The van der Waals surface area contributed by atoms with Crippen LogP contribution in [0, 0.1) is 0 Å². The maximum absolute atomic E-state index is 12.4. The summed E-state index contributed by atoms with van der Waals surface area (Å²) in [6, 6.07) is 4.67. The molecule has 1 heterocycles. The third-order valence-corrected chi connectivity index (χ3v) is 3.44. The molecule has 1 aliphatic rings. The van der Waals surface area contributed by atoms with Gasteiger partial charge in [-0.15, -0.1) is 0 Å². The number of amides is 1. The first kappa shape index (κ1) is 17.4. The van der Waals surface area contributed by atoms with Gasteiger partial charge >= 0.3 is 6.61 Å². The average molecular weight is 330 g/mol. The number of carbonyl (C=O) groups is 1. The molecule has 1 amide bonds. The van der Waals surface area contributed by atoms with Crippen molar-refractivity contribution in [1.29, 1.82) is 0 Å². The van der Waals surface area contributed by atoms with Crippen LogP contribution in [0.2, 0.25) is 0 Å². The second-order valence-electron chi connectivity index (χ2n) is 5.12. The number of carbonyl (C=O) groups excluding carboxylic acids is 1. The fraction of sp³-hybridized carbons (Fsp3) is 0.533. The van der Waals surface area contributed by atoms with E-state index in [1.807, 2.05) is 0 Å². The molecule has 0 bridgehead atoms. The molecule has 2 rings (SSSR count).